The summed E-state index contributed by atoms with van der Waals surface area (Å²) in [5.74, 6) is -1.23. The molecule has 0 fully saturated rings. The summed E-state index contributed by atoms with van der Waals surface area (Å²) in [6.07, 6.45) is -7.35. The molecule has 0 unspecified atom stereocenters. The summed E-state index contributed by atoms with van der Waals surface area (Å²) in [5, 5.41) is 44.0. The topological polar surface area (TPSA) is 144 Å². The summed E-state index contributed by atoms with van der Waals surface area (Å²) >= 11 is 0. The second-order valence-corrected chi connectivity index (χ2v) is 2.58. The number of hydrogen-bond acceptors (Lipinski definition) is 6. The molecular weight excluding hydrogens is 218 g/mol. The third-order valence-electron chi connectivity index (χ3n) is 1.55. The summed E-state index contributed by atoms with van der Waals surface area (Å²) in [7, 11) is 0. The van der Waals surface area contributed by atoms with Gasteiger partial charge in [-0.05, 0) is 0 Å². The maximum Gasteiger partial charge on any atom is 0.249 e. The highest BCUT2D eigenvalue weighted by atomic mass is 35.5. The zero-order valence-corrected chi connectivity index (χ0v) is 7.96. The van der Waals surface area contributed by atoms with Gasteiger partial charge in [0.1, 0.15) is 18.3 Å². The Morgan fingerprint density at radius 2 is 1.57 bits per heavy atom. The van der Waals surface area contributed by atoms with E-state index in [0.717, 1.165) is 0 Å². The van der Waals surface area contributed by atoms with Gasteiger partial charge < -0.3 is 31.3 Å². The Labute approximate surface area is 86.2 Å². The summed E-state index contributed by atoms with van der Waals surface area (Å²) in [6, 6.07) is 0. The molecule has 0 rings (SSSR count). The van der Waals surface area contributed by atoms with Gasteiger partial charge >= 0.3 is 0 Å². The van der Waals surface area contributed by atoms with E-state index in [-0.39, 0.29) is 12.4 Å². The van der Waals surface area contributed by atoms with Crippen molar-refractivity contribution in [3.63, 3.8) is 0 Å². The number of rotatable bonds is 5. The van der Waals surface area contributed by atoms with Crippen molar-refractivity contribution in [1.29, 1.82) is 0 Å². The number of carbonyl (C=O) groups excluding carboxylic acids is 1. The zero-order chi connectivity index (χ0) is 10.6. The Kier molecular flexibility index (Phi) is 7.93. The molecule has 0 aromatic rings. The first-order chi connectivity index (χ1) is 5.91. The Hall–Kier alpha value is -0.440. The predicted molar refractivity (Wildman–Crippen MR) is 47.6 cm³/mol. The van der Waals surface area contributed by atoms with Gasteiger partial charge in [0, 0.05) is 0 Å². The van der Waals surface area contributed by atoms with E-state index in [0.29, 0.717) is 0 Å². The van der Waals surface area contributed by atoms with E-state index < -0.39 is 36.9 Å². The molecule has 0 bridgehead atoms. The molecule has 0 aliphatic carbocycles. The maximum atomic E-state index is 10.3. The van der Waals surface area contributed by atoms with Crippen molar-refractivity contribution in [2.45, 2.75) is 24.4 Å². The van der Waals surface area contributed by atoms with Crippen molar-refractivity contribution in [3.05, 3.63) is 0 Å². The number of amides is 1. The molecule has 0 aliphatic rings. The Bertz CT molecular complexity index is 180. The molecule has 0 aromatic heterocycles. The van der Waals surface area contributed by atoms with Crippen LogP contribution in [0.25, 0.3) is 0 Å². The van der Waals surface area contributed by atoms with E-state index in [1.165, 1.54) is 0 Å². The first-order valence-corrected chi connectivity index (χ1v) is 3.54. The average molecular weight is 232 g/mol. The first kappa shape index (κ1) is 16.0. The lowest BCUT2D eigenvalue weighted by Crippen LogP contribution is -2.50. The van der Waals surface area contributed by atoms with Crippen LogP contribution in [0.1, 0.15) is 0 Å². The predicted octanol–water partition coefficient (Wildman–Crippen LogP) is -3.67. The van der Waals surface area contributed by atoms with Crippen LogP contribution >= 0.6 is 12.4 Å². The van der Waals surface area contributed by atoms with Gasteiger partial charge in [-0.3, -0.25) is 4.79 Å². The van der Waals surface area contributed by atoms with E-state index in [1.807, 2.05) is 0 Å². The molecule has 0 saturated heterocycles. The summed E-state index contributed by atoms with van der Waals surface area (Å²) in [5.41, 5.74) is 4.61. The summed E-state index contributed by atoms with van der Waals surface area (Å²) < 4.78 is 0. The lowest BCUT2D eigenvalue weighted by molar-refractivity contribution is -0.146. The second kappa shape index (κ2) is 6.93. The lowest BCUT2D eigenvalue weighted by Gasteiger charge is -2.23. The van der Waals surface area contributed by atoms with Crippen LogP contribution in [0.3, 0.4) is 0 Å². The molecule has 7 N–H and O–H groups in total. The van der Waals surface area contributed by atoms with Crippen LogP contribution in [0.5, 0.6) is 0 Å². The van der Waals surface area contributed by atoms with Gasteiger partial charge in [0.25, 0.3) is 0 Å². The van der Waals surface area contributed by atoms with Crippen molar-refractivity contribution in [2.24, 2.45) is 5.73 Å². The third kappa shape index (κ3) is 4.18. The number of carbonyl (C=O) groups is 1. The molecule has 0 heterocycles. The van der Waals surface area contributed by atoms with Crippen molar-refractivity contribution in [1.82, 2.24) is 0 Å². The number of nitrogens with two attached hydrogens (primary N) is 1. The minimum Gasteiger partial charge on any atom is -0.394 e. The Morgan fingerprint density at radius 1 is 1.14 bits per heavy atom. The average Bonchev–Trinajstić information content (AvgIpc) is 2.12. The van der Waals surface area contributed by atoms with Gasteiger partial charge in [0.2, 0.25) is 5.91 Å². The van der Waals surface area contributed by atoms with Crippen LogP contribution in [0.2, 0.25) is 0 Å². The van der Waals surface area contributed by atoms with Crippen LogP contribution in [0.4, 0.5) is 0 Å². The molecule has 86 valence electrons. The second-order valence-electron chi connectivity index (χ2n) is 2.58. The molecule has 0 spiro atoms. The number of hydrogen-bond donors (Lipinski definition) is 6. The fraction of sp³-hybridized carbons (Fsp3) is 0.833. The monoisotopic (exact) mass is 231 g/mol. The van der Waals surface area contributed by atoms with E-state index in [4.69, 9.17) is 25.5 Å². The van der Waals surface area contributed by atoms with E-state index in [1.54, 1.807) is 0 Å². The minimum atomic E-state index is -1.98. The van der Waals surface area contributed by atoms with Gasteiger partial charge in [0.15, 0.2) is 6.10 Å². The number of aliphatic hydroxyl groups excluding tert-OH is 5. The van der Waals surface area contributed by atoms with E-state index >= 15 is 0 Å². The molecule has 0 radical (unpaired) electrons. The van der Waals surface area contributed by atoms with E-state index in [9.17, 15) is 4.79 Å². The molecule has 8 heteroatoms. The standard InChI is InChI=1S/C6H13NO6.ClH/c7-6(13)5(12)4(11)3(10)2(9)1-8;/h2-5,8-12H,1H2,(H2,7,13);1H/t2-,3-,4+,5+;/m1./s1. The van der Waals surface area contributed by atoms with Gasteiger partial charge in [0.05, 0.1) is 6.61 Å². The molecule has 0 aromatic carbocycles. The highest BCUT2D eigenvalue weighted by Crippen LogP contribution is 2.04. The summed E-state index contributed by atoms with van der Waals surface area (Å²) in [6.45, 7) is -0.802. The van der Waals surface area contributed by atoms with Gasteiger partial charge in [-0.15, -0.1) is 12.4 Å². The molecule has 14 heavy (non-hydrogen) atoms. The highest BCUT2D eigenvalue weighted by molar-refractivity contribution is 5.85. The van der Waals surface area contributed by atoms with Gasteiger partial charge in [-0.25, -0.2) is 0 Å². The lowest BCUT2D eigenvalue weighted by atomic mass is 10.0. The molecule has 4 atom stereocenters. The minimum absolute atomic E-state index is 0. The molecule has 0 saturated carbocycles. The van der Waals surface area contributed by atoms with Gasteiger partial charge in [-0.1, -0.05) is 0 Å². The number of primary amides is 1. The number of aliphatic hydroxyl groups is 5. The van der Waals surface area contributed by atoms with Crippen LogP contribution in [0, 0.1) is 0 Å². The smallest absolute Gasteiger partial charge is 0.249 e. The van der Waals surface area contributed by atoms with Crippen molar-refractivity contribution < 1.29 is 30.3 Å². The largest absolute Gasteiger partial charge is 0.394 e. The first-order valence-electron chi connectivity index (χ1n) is 3.54. The van der Waals surface area contributed by atoms with Crippen molar-refractivity contribution in [3.8, 4) is 0 Å². The van der Waals surface area contributed by atoms with Crippen LogP contribution < -0.4 is 5.73 Å². The van der Waals surface area contributed by atoms with Crippen LogP contribution in [-0.2, 0) is 4.79 Å². The van der Waals surface area contributed by atoms with Crippen molar-refractivity contribution in [2.75, 3.05) is 6.61 Å². The van der Waals surface area contributed by atoms with E-state index in [2.05, 4.69) is 5.73 Å². The highest BCUT2D eigenvalue weighted by Gasteiger charge is 2.32. The quantitative estimate of drug-likeness (QED) is 0.288. The van der Waals surface area contributed by atoms with Crippen molar-refractivity contribution >= 4 is 18.3 Å². The molecule has 1 amide bonds. The fourth-order valence-corrected chi connectivity index (χ4v) is 0.691. The SMILES string of the molecule is Cl.NC(=O)[C@@H](O)[C@@H](O)[C@H](O)[C@H](O)CO. The van der Waals surface area contributed by atoms with Gasteiger partial charge in [-0.2, -0.15) is 0 Å². The molecule has 0 aliphatic heterocycles. The Morgan fingerprint density at radius 3 is 1.86 bits per heavy atom. The van der Waals surface area contributed by atoms with Crippen LogP contribution in [-0.4, -0.2) is 62.5 Å². The molecular formula is C6H14ClNO6. The third-order valence-corrected chi connectivity index (χ3v) is 1.55. The maximum absolute atomic E-state index is 10.3. The van der Waals surface area contributed by atoms with Crippen LogP contribution in [0.15, 0.2) is 0 Å². The Balaban J connectivity index is 0. The fourth-order valence-electron chi connectivity index (χ4n) is 0.691. The summed E-state index contributed by atoms with van der Waals surface area (Å²) in [4.78, 5) is 10.3. The normalized spacial score (nSPS) is 18.9. The number of halogens is 1. The zero-order valence-electron chi connectivity index (χ0n) is 7.15. The molecule has 7 nitrogen and oxygen atoms in total.